The van der Waals surface area contributed by atoms with Crippen LogP contribution in [0.15, 0.2) is 46.0 Å². The number of unbranched alkanes of at least 4 members (excludes halogenated alkanes) is 2. The number of hydrogen-bond acceptors (Lipinski definition) is 17. The van der Waals surface area contributed by atoms with E-state index in [4.69, 9.17) is 45.9 Å². The van der Waals surface area contributed by atoms with Crippen LogP contribution in [0.25, 0.3) is 0 Å². The molecule has 0 aromatic heterocycles. The van der Waals surface area contributed by atoms with Gasteiger partial charge in [0.1, 0.15) is 41.6 Å². The van der Waals surface area contributed by atoms with Crippen molar-refractivity contribution in [2.24, 2.45) is 55.9 Å². The van der Waals surface area contributed by atoms with Crippen molar-refractivity contribution in [2.75, 3.05) is 45.8 Å². The van der Waals surface area contributed by atoms with Gasteiger partial charge in [-0.2, -0.15) is 0 Å². The second kappa shape index (κ2) is 34.2. The molecule has 1 heterocycles. The van der Waals surface area contributed by atoms with Crippen molar-refractivity contribution in [3.8, 4) is 0 Å². The lowest BCUT2D eigenvalue weighted by atomic mass is 10.0. The van der Waals surface area contributed by atoms with Gasteiger partial charge in [0, 0.05) is 31.6 Å². The first-order chi connectivity index (χ1) is 36.1. The Bertz CT molecular complexity index is 2270. The summed E-state index contributed by atoms with van der Waals surface area (Å²) < 4.78 is 0. The van der Waals surface area contributed by atoms with Gasteiger partial charge in [0.2, 0.25) is 41.4 Å². The van der Waals surface area contributed by atoms with Gasteiger partial charge in [-0.1, -0.05) is 24.6 Å². The zero-order valence-corrected chi connectivity index (χ0v) is 42.8. The number of nitrogens with one attached hydrogen (secondary N) is 6. The molecule has 9 amide bonds. The predicted octanol–water partition coefficient (Wildman–Crippen LogP) is -6.25. The van der Waals surface area contributed by atoms with Gasteiger partial charge < -0.3 is 92.9 Å². The van der Waals surface area contributed by atoms with Crippen molar-refractivity contribution in [1.82, 2.24) is 36.8 Å². The number of aliphatic hydroxyl groups excluding tert-OH is 1. The van der Waals surface area contributed by atoms with Crippen molar-refractivity contribution in [3.63, 3.8) is 0 Å². The minimum absolute atomic E-state index is 0.00438. The zero-order valence-electron chi connectivity index (χ0n) is 42.8. The largest absolute Gasteiger partial charge is 0.477 e. The normalized spacial score (nSPS) is 15.9. The molecule has 1 aromatic carbocycles. The molecule has 422 valence electrons. The summed E-state index contributed by atoms with van der Waals surface area (Å²) in [4.78, 5) is 141. The second-order valence-corrected chi connectivity index (χ2v) is 17.8. The molecule has 2 rings (SSSR count). The minimum atomic E-state index is -1.59. The Kier molecular flexibility index (Phi) is 29.1. The molecule has 29 heteroatoms. The van der Waals surface area contributed by atoms with E-state index in [0.717, 1.165) is 0 Å². The molecular weight excluding hydrogens is 995 g/mol. The number of rotatable bonds is 34. The maximum atomic E-state index is 14.3. The van der Waals surface area contributed by atoms with E-state index in [1.165, 1.54) is 36.1 Å². The van der Waals surface area contributed by atoms with E-state index in [0.29, 0.717) is 44.2 Å². The fraction of sp³-hybridized carbons (Fsp3) is 0.574. The first-order valence-corrected chi connectivity index (χ1v) is 24.9. The molecule has 29 nitrogen and oxygen atoms in total. The van der Waals surface area contributed by atoms with Crippen LogP contribution in [0, 0.1) is 0 Å². The highest BCUT2D eigenvalue weighted by Crippen LogP contribution is 2.20. The number of carbonyl (C=O) groups excluding carboxylic acids is 9. The first-order valence-electron chi connectivity index (χ1n) is 24.9. The Morgan fingerprint density at radius 3 is 2.09 bits per heavy atom. The van der Waals surface area contributed by atoms with Gasteiger partial charge in [-0.3, -0.25) is 48.1 Å². The highest BCUT2D eigenvalue weighted by Gasteiger charge is 2.38. The number of carboxylic acids is 1. The first kappa shape index (κ1) is 64.7. The van der Waals surface area contributed by atoms with E-state index < -0.39 is 120 Å². The Labute approximate surface area is 439 Å². The number of nitrogens with zero attached hydrogens (tertiary/aromatic N) is 3. The molecule has 0 spiro atoms. The van der Waals surface area contributed by atoms with E-state index in [1.54, 1.807) is 6.07 Å². The summed E-state index contributed by atoms with van der Waals surface area (Å²) >= 11 is 0. The molecule has 1 saturated heterocycles. The number of aliphatic carboxylic acids is 1. The van der Waals surface area contributed by atoms with Crippen LogP contribution in [-0.2, 0) is 49.6 Å². The molecule has 0 bridgehead atoms. The monoisotopic (exact) mass is 1070 g/mol. The number of aliphatic imine (C=N–C) groups is 2. The third kappa shape index (κ3) is 22.6. The van der Waals surface area contributed by atoms with E-state index in [2.05, 4.69) is 41.9 Å². The fourth-order valence-electron chi connectivity index (χ4n) is 7.59. The summed E-state index contributed by atoms with van der Waals surface area (Å²) in [6.07, 6.45) is 2.02. The molecule has 24 N–H and O–H groups in total. The number of aliphatic hydroxyl groups is 1. The molecule has 0 radical (unpaired) electrons. The SMILES string of the molecule is C[C@H](NC(=O)[C@@H](NC(=O)[C@@H](N)CCCCN)[C@@H](O)CN)C(=O)NCC(=O)N=C(CCCN)C(=O)N1CCC[C@H]1C(=O)N[C@@H](Cc1cccc(C(N)=O)c1)C(=O)N[C@@H](CCCCN)C(=O)N/C(=C\CCN=C(N)N)C(=O)O. The van der Waals surface area contributed by atoms with Crippen LogP contribution in [0.4, 0.5) is 0 Å². The van der Waals surface area contributed by atoms with Crippen LogP contribution >= 0.6 is 0 Å². The maximum absolute atomic E-state index is 14.3. The van der Waals surface area contributed by atoms with Crippen LogP contribution in [0.2, 0.25) is 0 Å². The zero-order chi connectivity index (χ0) is 56.9. The predicted molar refractivity (Wildman–Crippen MR) is 279 cm³/mol. The van der Waals surface area contributed by atoms with E-state index in [-0.39, 0.29) is 88.4 Å². The number of likely N-dealkylation sites (tertiary alicyclic amines) is 1. The van der Waals surface area contributed by atoms with Crippen molar-refractivity contribution < 1.29 is 58.2 Å². The van der Waals surface area contributed by atoms with Crippen LogP contribution in [0.5, 0.6) is 0 Å². The summed E-state index contributed by atoms with van der Waals surface area (Å²) in [5.74, 6) is -9.49. The van der Waals surface area contributed by atoms with Crippen molar-refractivity contribution in [2.45, 2.75) is 126 Å². The lowest BCUT2D eigenvalue weighted by Gasteiger charge is -2.28. The van der Waals surface area contributed by atoms with Crippen LogP contribution < -0.4 is 77.8 Å². The van der Waals surface area contributed by atoms with Gasteiger partial charge in [0.15, 0.2) is 5.96 Å². The highest BCUT2D eigenvalue weighted by molar-refractivity contribution is 6.40. The van der Waals surface area contributed by atoms with Crippen molar-refractivity contribution in [3.05, 3.63) is 47.2 Å². The number of carbonyl (C=O) groups is 10. The number of amides is 9. The van der Waals surface area contributed by atoms with Crippen LogP contribution in [0.3, 0.4) is 0 Å². The molecule has 7 atom stereocenters. The van der Waals surface area contributed by atoms with E-state index >= 15 is 0 Å². The minimum Gasteiger partial charge on any atom is -0.477 e. The molecule has 0 saturated carbocycles. The van der Waals surface area contributed by atoms with Gasteiger partial charge in [-0.25, -0.2) is 9.79 Å². The molecule has 1 aliphatic heterocycles. The molecule has 76 heavy (non-hydrogen) atoms. The molecule has 1 aromatic rings. The van der Waals surface area contributed by atoms with E-state index in [9.17, 15) is 58.2 Å². The average Bonchev–Trinajstić information content (AvgIpc) is 3.88. The Balaban J connectivity index is 2.35. The molecule has 1 aliphatic rings. The molecule has 0 aliphatic carbocycles. The summed E-state index contributed by atoms with van der Waals surface area (Å²) in [5.41, 5.74) is 44.2. The Morgan fingerprint density at radius 2 is 1.47 bits per heavy atom. The van der Waals surface area contributed by atoms with Gasteiger partial charge in [-0.15, -0.1) is 0 Å². The summed E-state index contributed by atoms with van der Waals surface area (Å²) in [7, 11) is 0. The topological polar surface area (TPSA) is 519 Å². The summed E-state index contributed by atoms with van der Waals surface area (Å²) in [6, 6.07) is -2.06. The Hall–Kier alpha value is -7.44. The van der Waals surface area contributed by atoms with Gasteiger partial charge in [-0.05, 0) is 108 Å². The van der Waals surface area contributed by atoms with Crippen LogP contribution in [-0.4, -0.2) is 174 Å². The number of hydrogen-bond donors (Lipinski definition) is 16. The van der Waals surface area contributed by atoms with Crippen molar-refractivity contribution >= 4 is 70.8 Å². The van der Waals surface area contributed by atoms with Gasteiger partial charge in [0.25, 0.3) is 11.8 Å². The fourth-order valence-corrected chi connectivity index (χ4v) is 7.59. The third-order valence-electron chi connectivity index (χ3n) is 11.7. The quantitative estimate of drug-likeness (QED) is 0.0132. The number of guanidine groups is 1. The summed E-state index contributed by atoms with van der Waals surface area (Å²) in [6.45, 7) is 0.821. The highest BCUT2D eigenvalue weighted by atomic mass is 16.4. The average molecular weight is 1070 g/mol. The van der Waals surface area contributed by atoms with Gasteiger partial charge in [0.05, 0.1) is 18.7 Å². The van der Waals surface area contributed by atoms with Gasteiger partial charge >= 0.3 is 5.97 Å². The lowest BCUT2D eigenvalue weighted by Crippen LogP contribution is -2.60. The number of benzene rings is 1. The Morgan fingerprint density at radius 1 is 0.803 bits per heavy atom. The number of carboxylic acid groups (broad SMARTS) is 1. The smallest absolute Gasteiger partial charge is 0.352 e. The second-order valence-electron chi connectivity index (χ2n) is 17.8. The molecule has 0 unspecified atom stereocenters. The van der Waals surface area contributed by atoms with E-state index in [1.807, 2.05) is 0 Å². The summed E-state index contributed by atoms with van der Waals surface area (Å²) in [5, 5.41) is 34.8. The maximum Gasteiger partial charge on any atom is 0.352 e. The number of primary amides is 1. The standard InChI is InChI=1S/C47H77N17O12/c1-26(58-44(73)37(35(65)24-51)63-40(69)29(52)12-2-4-17-48)39(68)57-25-36(66)59-31(14-7-19-50)45(74)64-21-9-16-34(64)43(72)62-33(23-27-10-6-11-28(22-27)38(53)67)42(71)60-30(13-3-5-18-49)41(70)61-32(46(75)76)15-8-20-56-47(54)55/h6,10-11,15,22,26,29-30,33-35,37,65H,2-5,7-9,12-14,16-21,23-25,48-52H2,1H3,(H2,53,67)(H,57,68)(H,58,73)(H,60,71)(H,61,70)(H,62,72)(H,63,69)(H,75,76)(H4,54,55,56)/b32-15-,59-31?/t26-,29-,30-,33-,34-,35-,37-/m0/s1. The number of nitrogens with two attached hydrogens (primary N) is 8. The van der Waals surface area contributed by atoms with Crippen molar-refractivity contribution in [1.29, 1.82) is 0 Å². The molecule has 1 fully saturated rings. The van der Waals surface area contributed by atoms with Crippen LogP contribution in [0.1, 0.15) is 93.5 Å². The molecular formula is C47H77N17O12. The third-order valence-corrected chi connectivity index (χ3v) is 11.7. The lowest BCUT2D eigenvalue weighted by molar-refractivity contribution is -0.137.